The maximum Gasteiger partial charge on any atom is 0.338 e. The van der Waals surface area contributed by atoms with Gasteiger partial charge in [0.15, 0.2) is 8.32 Å². The highest BCUT2D eigenvalue weighted by atomic mass is 28.4. The first-order chi connectivity index (χ1) is 14.4. The zero-order valence-corrected chi connectivity index (χ0v) is 21.9. The molecular weight excluding hydrogens is 400 g/mol. The maximum absolute atomic E-state index is 12.9. The lowest BCUT2D eigenvalue weighted by molar-refractivity contribution is -0.115. The molecule has 2 saturated carbocycles. The van der Waals surface area contributed by atoms with Crippen molar-refractivity contribution in [3.8, 4) is 0 Å². The standard InChI is InChI=1S/C27H44O3Si/c1-25(2,3)31(6,7)29-20-22-16-13-19-26(22,4)27(5)18-12-11-17-23(27)30-24(28)21-14-9-8-10-15-21/h8-10,14-15,22-23H,11-13,16-20H2,1-7H3/t22-,23+,26-,27-/m0/s1. The van der Waals surface area contributed by atoms with E-state index in [9.17, 15) is 4.79 Å². The smallest absolute Gasteiger partial charge is 0.338 e. The first-order valence-corrected chi connectivity index (χ1v) is 15.2. The van der Waals surface area contributed by atoms with Gasteiger partial charge in [-0.3, -0.25) is 0 Å². The van der Waals surface area contributed by atoms with Crippen molar-refractivity contribution in [2.45, 2.75) is 104 Å². The molecule has 0 bridgehead atoms. The van der Waals surface area contributed by atoms with E-state index in [1.54, 1.807) is 0 Å². The molecular formula is C27H44O3Si. The van der Waals surface area contributed by atoms with Gasteiger partial charge in [0.2, 0.25) is 0 Å². The second-order valence-corrected chi connectivity index (χ2v) is 16.8. The zero-order valence-electron chi connectivity index (χ0n) is 20.9. The van der Waals surface area contributed by atoms with Crippen LogP contribution in [-0.4, -0.2) is 27.0 Å². The molecule has 0 amide bonds. The molecule has 174 valence electrons. The van der Waals surface area contributed by atoms with Crippen molar-refractivity contribution in [1.29, 1.82) is 0 Å². The minimum Gasteiger partial charge on any atom is -0.458 e. The fourth-order valence-electron chi connectivity index (χ4n) is 5.70. The lowest BCUT2D eigenvalue weighted by atomic mass is 9.54. The highest BCUT2D eigenvalue weighted by Gasteiger charge is 2.57. The molecule has 1 aromatic carbocycles. The number of carbonyl (C=O) groups is 1. The molecule has 0 unspecified atom stereocenters. The quantitative estimate of drug-likeness (QED) is 0.334. The molecule has 0 radical (unpaired) electrons. The summed E-state index contributed by atoms with van der Waals surface area (Å²) in [6.07, 6.45) is 8.12. The van der Waals surface area contributed by atoms with Crippen molar-refractivity contribution in [2.75, 3.05) is 6.61 Å². The highest BCUT2D eigenvalue weighted by molar-refractivity contribution is 6.74. The normalized spacial score (nSPS) is 32.1. The average molecular weight is 445 g/mol. The van der Waals surface area contributed by atoms with Crippen LogP contribution in [0.4, 0.5) is 0 Å². The van der Waals surface area contributed by atoms with Crippen LogP contribution in [0.3, 0.4) is 0 Å². The van der Waals surface area contributed by atoms with Gasteiger partial charge in [-0.2, -0.15) is 0 Å². The van der Waals surface area contributed by atoms with Gasteiger partial charge in [-0.25, -0.2) is 4.79 Å². The molecule has 0 N–H and O–H groups in total. The van der Waals surface area contributed by atoms with E-state index >= 15 is 0 Å². The molecule has 2 aliphatic rings. The van der Waals surface area contributed by atoms with E-state index < -0.39 is 8.32 Å². The summed E-state index contributed by atoms with van der Waals surface area (Å²) >= 11 is 0. The van der Waals surface area contributed by atoms with Gasteiger partial charge in [0.25, 0.3) is 0 Å². The van der Waals surface area contributed by atoms with Crippen LogP contribution in [0.15, 0.2) is 30.3 Å². The summed E-state index contributed by atoms with van der Waals surface area (Å²) in [5.41, 5.74) is 0.787. The van der Waals surface area contributed by atoms with E-state index in [-0.39, 0.29) is 27.9 Å². The number of hydrogen-bond acceptors (Lipinski definition) is 3. The van der Waals surface area contributed by atoms with Crippen LogP contribution in [-0.2, 0) is 9.16 Å². The number of hydrogen-bond donors (Lipinski definition) is 0. The lowest BCUT2D eigenvalue weighted by Gasteiger charge is -2.54. The maximum atomic E-state index is 12.9. The minimum absolute atomic E-state index is 0.00630. The third-order valence-electron chi connectivity index (χ3n) is 9.29. The third kappa shape index (κ3) is 4.80. The number of esters is 1. The molecule has 2 aliphatic carbocycles. The molecule has 3 nitrogen and oxygen atoms in total. The SMILES string of the molecule is CC(C)(C)[Si](C)(C)OC[C@@H]1CCC[C@]1(C)[C@@]1(C)CCCC[C@H]1OC(=O)c1ccccc1. The van der Waals surface area contributed by atoms with E-state index in [0.29, 0.717) is 11.5 Å². The van der Waals surface area contributed by atoms with Crippen LogP contribution in [0.1, 0.15) is 89.9 Å². The number of carbonyl (C=O) groups excluding carboxylic acids is 1. The Morgan fingerprint density at radius 1 is 1.00 bits per heavy atom. The van der Waals surface area contributed by atoms with Gasteiger partial charge < -0.3 is 9.16 Å². The second-order valence-electron chi connectivity index (χ2n) is 12.0. The fraction of sp³-hybridized carbons (Fsp3) is 0.741. The number of ether oxygens (including phenoxy) is 1. The Labute approximate surface area is 191 Å². The summed E-state index contributed by atoms with van der Waals surface area (Å²) in [4.78, 5) is 12.9. The fourth-order valence-corrected chi connectivity index (χ4v) is 6.75. The first kappa shape index (κ1) is 24.5. The van der Waals surface area contributed by atoms with Crippen molar-refractivity contribution < 1.29 is 14.0 Å². The van der Waals surface area contributed by atoms with Gasteiger partial charge in [-0.1, -0.05) is 65.7 Å². The molecule has 0 spiro atoms. The predicted molar refractivity (Wildman–Crippen MR) is 131 cm³/mol. The number of rotatable bonds is 6. The van der Waals surface area contributed by atoms with Crippen molar-refractivity contribution in [2.24, 2.45) is 16.7 Å². The molecule has 0 saturated heterocycles. The van der Waals surface area contributed by atoms with Crippen LogP contribution < -0.4 is 0 Å². The second kappa shape index (κ2) is 9.01. The van der Waals surface area contributed by atoms with E-state index in [2.05, 4.69) is 47.7 Å². The van der Waals surface area contributed by atoms with Gasteiger partial charge in [-0.15, -0.1) is 0 Å². The molecule has 0 aliphatic heterocycles. The Balaban J connectivity index is 1.79. The summed E-state index contributed by atoms with van der Waals surface area (Å²) in [5.74, 6) is 0.358. The Bertz CT molecular complexity index is 753. The molecule has 0 aromatic heterocycles. The van der Waals surface area contributed by atoms with Crippen LogP contribution in [0.2, 0.25) is 18.1 Å². The molecule has 4 atom stereocenters. The Morgan fingerprint density at radius 2 is 1.65 bits per heavy atom. The Hall–Kier alpha value is -1.13. The highest BCUT2D eigenvalue weighted by Crippen LogP contribution is 2.61. The van der Waals surface area contributed by atoms with Crippen LogP contribution >= 0.6 is 0 Å². The largest absolute Gasteiger partial charge is 0.458 e. The predicted octanol–water partition coefficient (Wildman–Crippen LogP) is 7.62. The van der Waals surface area contributed by atoms with Crippen molar-refractivity contribution in [3.05, 3.63) is 35.9 Å². The first-order valence-electron chi connectivity index (χ1n) is 12.3. The van der Waals surface area contributed by atoms with Gasteiger partial charge in [0, 0.05) is 12.0 Å². The number of benzene rings is 1. The van der Waals surface area contributed by atoms with E-state index in [4.69, 9.17) is 9.16 Å². The Kier molecular flexibility index (Phi) is 7.13. The summed E-state index contributed by atoms with van der Waals surface area (Å²) < 4.78 is 13.0. The molecule has 3 rings (SSSR count). The van der Waals surface area contributed by atoms with Crippen LogP contribution in [0.25, 0.3) is 0 Å². The van der Waals surface area contributed by atoms with Crippen molar-refractivity contribution in [3.63, 3.8) is 0 Å². The van der Waals surface area contributed by atoms with Crippen molar-refractivity contribution in [1.82, 2.24) is 0 Å². The average Bonchev–Trinajstić information content (AvgIpc) is 3.10. The minimum atomic E-state index is -1.78. The Morgan fingerprint density at radius 3 is 2.29 bits per heavy atom. The lowest BCUT2D eigenvalue weighted by Crippen LogP contribution is -2.53. The van der Waals surface area contributed by atoms with Crippen molar-refractivity contribution >= 4 is 14.3 Å². The summed E-state index contributed by atoms with van der Waals surface area (Å²) in [6, 6.07) is 9.46. The third-order valence-corrected chi connectivity index (χ3v) is 13.8. The summed E-state index contributed by atoms with van der Waals surface area (Å²) in [7, 11) is -1.78. The van der Waals surface area contributed by atoms with Gasteiger partial charge in [0.1, 0.15) is 6.10 Å². The van der Waals surface area contributed by atoms with Gasteiger partial charge in [-0.05, 0) is 73.7 Å². The molecule has 0 heterocycles. The van der Waals surface area contributed by atoms with E-state index in [1.807, 2.05) is 30.3 Å². The molecule has 4 heteroatoms. The molecule has 2 fully saturated rings. The van der Waals surface area contributed by atoms with E-state index in [1.165, 1.54) is 25.7 Å². The summed E-state index contributed by atoms with van der Waals surface area (Å²) in [6.45, 7) is 17.4. The van der Waals surface area contributed by atoms with Crippen LogP contribution in [0, 0.1) is 16.7 Å². The summed E-state index contributed by atoms with van der Waals surface area (Å²) in [5, 5.41) is 0.227. The van der Waals surface area contributed by atoms with Gasteiger partial charge in [0.05, 0.1) is 5.56 Å². The molecule has 1 aromatic rings. The topological polar surface area (TPSA) is 35.5 Å². The van der Waals surface area contributed by atoms with E-state index in [0.717, 1.165) is 25.9 Å². The monoisotopic (exact) mass is 444 g/mol. The van der Waals surface area contributed by atoms with Crippen LogP contribution in [0.5, 0.6) is 0 Å². The zero-order chi connectivity index (χ0) is 22.9. The van der Waals surface area contributed by atoms with Gasteiger partial charge >= 0.3 is 5.97 Å². The molecule has 31 heavy (non-hydrogen) atoms.